The second kappa shape index (κ2) is 11.0. The number of ether oxygens (including phenoxy) is 2. The Morgan fingerprint density at radius 3 is 2.97 bits per heavy atom. The van der Waals surface area contributed by atoms with E-state index in [0.29, 0.717) is 6.04 Å². The number of hydrogen-bond acceptors (Lipinski definition) is 9. The monoisotopic (exact) mass is 521 g/mol. The minimum atomic E-state index is 0.573. The van der Waals surface area contributed by atoms with Gasteiger partial charge in [0.15, 0.2) is 11.6 Å². The molecule has 2 aliphatic rings. The van der Waals surface area contributed by atoms with Crippen LogP contribution in [0, 0.1) is 0 Å². The number of likely N-dealkylation sites (N-methyl/N-ethyl adjacent to an activating group) is 1. The molecule has 4 aromatic rings. The summed E-state index contributed by atoms with van der Waals surface area (Å²) >= 11 is 1.84. The average Bonchev–Trinajstić information content (AvgIpc) is 3.58. The number of benzene rings is 1. The van der Waals surface area contributed by atoms with Crippen molar-refractivity contribution in [1.29, 1.82) is 0 Å². The Bertz CT molecular complexity index is 1350. The van der Waals surface area contributed by atoms with Crippen molar-refractivity contribution < 1.29 is 9.47 Å². The number of H-pyrrole nitrogens is 1. The summed E-state index contributed by atoms with van der Waals surface area (Å²) in [6, 6.07) is 9.01. The lowest BCUT2D eigenvalue weighted by Gasteiger charge is -2.37. The molecule has 2 fully saturated rings. The lowest BCUT2D eigenvalue weighted by atomic mass is 10.0. The normalized spacial score (nSPS) is 19.4. The van der Waals surface area contributed by atoms with Crippen molar-refractivity contribution in [3.05, 3.63) is 35.3 Å². The number of aromatic amines is 1. The number of methoxy groups -OCH3 is 1. The highest BCUT2D eigenvalue weighted by Crippen LogP contribution is 2.36. The molecule has 0 amide bonds. The van der Waals surface area contributed by atoms with E-state index >= 15 is 0 Å². The Morgan fingerprint density at radius 2 is 2.11 bits per heavy atom. The fourth-order valence-electron chi connectivity index (χ4n) is 5.49. The average molecular weight is 522 g/mol. The fraction of sp³-hybridized carbons (Fsp3) is 0.519. The number of hydrogen-bond donors (Lipinski definition) is 1. The maximum absolute atomic E-state index is 5.64. The number of aromatic nitrogens is 4. The Hall–Kier alpha value is -2.63. The second-order valence-electron chi connectivity index (χ2n) is 10.0. The Balaban J connectivity index is 1.32. The van der Waals surface area contributed by atoms with E-state index in [-0.39, 0.29) is 0 Å². The second-order valence-corrected chi connectivity index (χ2v) is 11.2. The zero-order valence-corrected chi connectivity index (χ0v) is 22.5. The molecule has 0 radical (unpaired) electrons. The number of nitrogens with zero attached hydrogens (tertiary/aromatic N) is 6. The van der Waals surface area contributed by atoms with Crippen molar-refractivity contribution in [2.45, 2.75) is 25.4 Å². The molecule has 3 aromatic heterocycles. The topological polar surface area (TPSA) is 82.6 Å². The summed E-state index contributed by atoms with van der Waals surface area (Å²) in [5, 5.41) is 8.36. The van der Waals surface area contributed by atoms with E-state index in [4.69, 9.17) is 19.4 Å². The molecule has 1 N–H and O–H groups in total. The molecular weight excluding hydrogens is 486 g/mol. The minimum Gasteiger partial charge on any atom is -0.383 e. The highest BCUT2D eigenvalue weighted by molar-refractivity contribution is 7.19. The quantitative estimate of drug-likeness (QED) is 0.377. The lowest BCUT2D eigenvalue weighted by Crippen LogP contribution is -2.46. The van der Waals surface area contributed by atoms with Gasteiger partial charge in [-0.2, -0.15) is 5.10 Å². The molecule has 1 unspecified atom stereocenters. The van der Waals surface area contributed by atoms with Crippen LogP contribution in [0.15, 0.2) is 30.5 Å². The number of likely N-dealkylation sites (tertiary alicyclic amines) is 1. The standard InChI is InChI=1S/C27H35N7O2S/c1-32(9-12-35-2)19-5-4-8-33(17-19)18-20-15-24-25(37-20)27(34-10-13-36-14-11-34)30-26(29-24)21-6-3-7-23-22(21)16-28-31-23/h3,6-7,15-16,19H,4-5,8-14,17-18H2,1-2H3,(H,28,31). The molecule has 5 heterocycles. The first-order valence-corrected chi connectivity index (χ1v) is 14.0. The van der Waals surface area contributed by atoms with Gasteiger partial charge in [-0.3, -0.25) is 14.9 Å². The molecule has 2 aliphatic heterocycles. The molecule has 2 saturated heterocycles. The number of morpholine rings is 1. The number of anilines is 1. The van der Waals surface area contributed by atoms with Crippen LogP contribution in [0.1, 0.15) is 17.7 Å². The minimum absolute atomic E-state index is 0.573. The summed E-state index contributed by atoms with van der Waals surface area (Å²) in [6.07, 6.45) is 4.34. The van der Waals surface area contributed by atoms with Gasteiger partial charge in [0, 0.05) is 61.7 Å². The summed E-state index contributed by atoms with van der Waals surface area (Å²) in [5.74, 6) is 1.78. The van der Waals surface area contributed by atoms with Gasteiger partial charge in [0.2, 0.25) is 0 Å². The van der Waals surface area contributed by atoms with Crippen LogP contribution in [-0.4, -0.2) is 103 Å². The first-order chi connectivity index (χ1) is 18.2. The third-order valence-electron chi connectivity index (χ3n) is 7.57. The highest BCUT2D eigenvalue weighted by Gasteiger charge is 2.25. The van der Waals surface area contributed by atoms with E-state index in [1.165, 1.54) is 22.4 Å². The molecule has 1 atom stereocenters. The van der Waals surface area contributed by atoms with E-state index in [1.54, 1.807) is 7.11 Å². The molecule has 10 heteroatoms. The number of rotatable bonds is 8. The smallest absolute Gasteiger partial charge is 0.162 e. The SMILES string of the molecule is COCCN(C)C1CCCN(Cc2cc3nc(-c4cccc5[nH]ncc45)nc(N4CCOCC4)c3s2)C1. The van der Waals surface area contributed by atoms with Crippen molar-refractivity contribution >= 4 is 38.3 Å². The highest BCUT2D eigenvalue weighted by atomic mass is 32.1. The summed E-state index contributed by atoms with van der Waals surface area (Å²) in [5.41, 5.74) is 3.03. The summed E-state index contributed by atoms with van der Waals surface area (Å²) < 4.78 is 12.1. The fourth-order valence-corrected chi connectivity index (χ4v) is 6.64. The molecule has 1 aromatic carbocycles. The predicted octanol–water partition coefficient (Wildman–Crippen LogP) is 3.61. The van der Waals surface area contributed by atoms with Gasteiger partial charge in [-0.05, 0) is 38.6 Å². The maximum Gasteiger partial charge on any atom is 0.162 e. The van der Waals surface area contributed by atoms with Gasteiger partial charge in [0.1, 0.15) is 0 Å². The molecule has 0 aliphatic carbocycles. The van der Waals surface area contributed by atoms with Crippen molar-refractivity contribution in [2.75, 3.05) is 71.6 Å². The van der Waals surface area contributed by atoms with Crippen LogP contribution in [0.5, 0.6) is 0 Å². The van der Waals surface area contributed by atoms with E-state index in [0.717, 1.165) is 92.7 Å². The van der Waals surface area contributed by atoms with Gasteiger partial charge in [-0.1, -0.05) is 12.1 Å². The molecule has 37 heavy (non-hydrogen) atoms. The van der Waals surface area contributed by atoms with Gasteiger partial charge < -0.3 is 14.4 Å². The van der Waals surface area contributed by atoms with Crippen LogP contribution in [0.4, 0.5) is 5.82 Å². The third kappa shape index (κ3) is 5.21. The predicted molar refractivity (Wildman–Crippen MR) is 148 cm³/mol. The summed E-state index contributed by atoms with van der Waals surface area (Å²) in [4.78, 5) is 19.0. The molecule has 0 bridgehead atoms. The van der Waals surface area contributed by atoms with E-state index < -0.39 is 0 Å². The summed E-state index contributed by atoms with van der Waals surface area (Å²) in [7, 11) is 4.00. The third-order valence-corrected chi connectivity index (χ3v) is 8.68. The van der Waals surface area contributed by atoms with E-state index in [1.807, 2.05) is 29.7 Å². The zero-order valence-electron chi connectivity index (χ0n) is 21.7. The van der Waals surface area contributed by atoms with Gasteiger partial charge >= 0.3 is 0 Å². The number of thiophene rings is 1. The molecule has 0 spiro atoms. The largest absolute Gasteiger partial charge is 0.383 e. The summed E-state index contributed by atoms with van der Waals surface area (Å²) in [6.45, 7) is 8.06. The van der Waals surface area contributed by atoms with E-state index in [9.17, 15) is 0 Å². The van der Waals surface area contributed by atoms with Gasteiger partial charge in [0.25, 0.3) is 0 Å². The van der Waals surface area contributed by atoms with Crippen LogP contribution >= 0.6 is 11.3 Å². The number of nitrogens with one attached hydrogen (secondary N) is 1. The Labute approximate surface area is 221 Å². The van der Waals surface area contributed by atoms with Crippen LogP contribution < -0.4 is 4.90 Å². The van der Waals surface area contributed by atoms with Crippen molar-refractivity contribution in [2.24, 2.45) is 0 Å². The van der Waals surface area contributed by atoms with Crippen LogP contribution in [0.25, 0.3) is 32.5 Å². The molecule has 0 saturated carbocycles. The van der Waals surface area contributed by atoms with Crippen LogP contribution in [0.2, 0.25) is 0 Å². The molecule has 9 nitrogen and oxygen atoms in total. The Morgan fingerprint density at radius 1 is 1.22 bits per heavy atom. The Kier molecular flexibility index (Phi) is 7.34. The van der Waals surface area contributed by atoms with Crippen molar-refractivity contribution in [1.82, 2.24) is 30.0 Å². The molecular formula is C27H35N7O2S. The molecule has 196 valence electrons. The zero-order chi connectivity index (χ0) is 25.2. The van der Waals surface area contributed by atoms with Gasteiger partial charge in [0.05, 0.1) is 41.8 Å². The maximum atomic E-state index is 5.64. The van der Waals surface area contributed by atoms with Gasteiger partial charge in [-0.25, -0.2) is 9.97 Å². The van der Waals surface area contributed by atoms with Crippen LogP contribution in [0.3, 0.4) is 0 Å². The first-order valence-electron chi connectivity index (χ1n) is 13.2. The van der Waals surface area contributed by atoms with Crippen LogP contribution in [-0.2, 0) is 16.0 Å². The lowest BCUT2D eigenvalue weighted by molar-refractivity contribution is 0.0862. The first kappa shape index (κ1) is 24.7. The molecule has 6 rings (SSSR count). The van der Waals surface area contributed by atoms with Crippen molar-refractivity contribution in [3.63, 3.8) is 0 Å². The van der Waals surface area contributed by atoms with E-state index in [2.05, 4.69) is 44.1 Å². The van der Waals surface area contributed by atoms with Crippen molar-refractivity contribution in [3.8, 4) is 11.4 Å². The van der Waals surface area contributed by atoms with Gasteiger partial charge in [-0.15, -0.1) is 11.3 Å². The number of piperidine rings is 1. The number of fused-ring (bicyclic) bond motifs is 2.